The van der Waals surface area contributed by atoms with Crippen molar-refractivity contribution in [3.63, 3.8) is 0 Å². The molecule has 2 aromatic carbocycles. The summed E-state index contributed by atoms with van der Waals surface area (Å²) in [5, 5.41) is 6.25. The van der Waals surface area contributed by atoms with E-state index < -0.39 is 0 Å². The van der Waals surface area contributed by atoms with E-state index in [4.69, 9.17) is 4.74 Å². The van der Waals surface area contributed by atoms with Crippen molar-refractivity contribution in [2.24, 2.45) is 0 Å². The third kappa shape index (κ3) is 6.02. The Kier molecular flexibility index (Phi) is 6.98. The first-order valence-electron chi connectivity index (χ1n) is 8.09. The van der Waals surface area contributed by atoms with Crippen molar-refractivity contribution < 1.29 is 9.53 Å². The number of nitrogens with one attached hydrogen (secondary N) is 2. The van der Waals surface area contributed by atoms with E-state index in [0.717, 1.165) is 30.8 Å². The van der Waals surface area contributed by atoms with Crippen LogP contribution >= 0.6 is 0 Å². The predicted octanol–water partition coefficient (Wildman–Crippen LogP) is 3.71. The van der Waals surface area contributed by atoms with Crippen LogP contribution in [0.25, 0.3) is 0 Å². The maximum Gasteiger partial charge on any atom is 0.251 e. The predicted molar refractivity (Wildman–Crippen MR) is 94.1 cm³/mol. The molecule has 4 nitrogen and oxygen atoms in total. The highest BCUT2D eigenvalue weighted by atomic mass is 16.5. The summed E-state index contributed by atoms with van der Waals surface area (Å²) in [5.74, 6) is 0.678. The first kappa shape index (κ1) is 16.9. The number of hydrogen-bond acceptors (Lipinski definition) is 3. The lowest BCUT2D eigenvalue weighted by atomic mass is 10.2. The lowest BCUT2D eigenvalue weighted by molar-refractivity contribution is 0.0953. The van der Waals surface area contributed by atoms with Crippen LogP contribution in [0.15, 0.2) is 54.6 Å². The fourth-order valence-electron chi connectivity index (χ4n) is 2.13. The molecule has 0 aliphatic heterocycles. The Morgan fingerprint density at radius 1 is 1.04 bits per heavy atom. The van der Waals surface area contributed by atoms with Gasteiger partial charge in [0.15, 0.2) is 0 Å². The van der Waals surface area contributed by atoms with E-state index in [9.17, 15) is 4.79 Å². The second kappa shape index (κ2) is 9.51. The molecule has 0 atom stereocenters. The third-order valence-electron chi connectivity index (χ3n) is 3.31. The molecule has 2 rings (SSSR count). The molecule has 0 aliphatic rings. The molecule has 2 N–H and O–H groups in total. The van der Waals surface area contributed by atoms with Gasteiger partial charge in [-0.05, 0) is 43.2 Å². The van der Waals surface area contributed by atoms with Crippen LogP contribution in [-0.4, -0.2) is 25.6 Å². The van der Waals surface area contributed by atoms with E-state index in [1.807, 2.05) is 42.5 Å². The number of ether oxygens (including phenoxy) is 1. The van der Waals surface area contributed by atoms with E-state index >= 15 is 0 Å². The van der Waals surface area contributed by atoms with Crippen molar-refractivity contribution in [2.75, 3.05) is 25.0 Å². The van der Waals surface area contributed by atoms with Gasteiger partial charge in [0.2, 0.25) is 0 Å². The van der Waals surface area contributed by atoms with E-state index in [-0.39, 0.29) is 5.91 Å². The van der Waals surface area contributed by atoms with Gasteiger partial charge in [0.05, 0.1) is 6.61 Å². The Bertz CT molecular complexity index is 599. The molecule has 0 spiro atoms. The zero-order chi connectivity index (χ0) is 16.3. The maximum atomic E-state index is 12.1. The molecule has 0 bridgehead atoms. The van der Waals surface area contributed by atoms with E-state index in [2.05, 4.69) is 17.6 Å². The second-order valence-corrected chi connectivity index (χ2v) is 5.28. The molecular weight excluding hydrogens is 288 g/mol. The zero-order valence-electron chi connectivity index (χ0n) is 13.5. The molecule has 0 fully saturated rings. The molecule has 0 unspecified atom stereocenters. The summed E-state index contributed by atoms with van der Waals surface area (Å²) in [6.45, 7) is 4.18. The minimum atomic E-state index is -0.0633. The smallest absolute Gasteiger partial charge is 0.251 e. The molecule has 0 aromatic heterocycles. The molecule has 4 heteroatoms. The van der Waals surface area contributed by atoms with Gasteiger partial charge in [-0.2, -0.15) is 0 Å². The van der Waals surface area contributed by atoms with Gasteiger partial charge in [-0.25, -0.2) is 0 Å². The van der Waals surface area contributed by atoms with Crippen molar-refractivity contribution in [1.29, 1.82) is 0 Å². The first-order valence-corrected chi connectivity index (χ1v) is 8.09. The Labute approximate surface area is 137 Å². The lowest BCUT2D eigenvalue weighted by Crippen LogP contribution is -2.25. The van der Waals surface area contributed by atoms with Gasteiger partial charge < -0.3 is 15.4 Å². The molecule has 0 radical (unpaired) electrons. The van der Waals surface area contributed by atoms with Crippen LogP contribution in [0, 0.1) is 0 Å². The van der Waals surface area contributed by atoms with Gasteiger partial charge in [0.1, 0.15) is 5.75 Å². The van der Waals surface area contributed by atoms with Crippen LogP contribution in [0.3, 0.4) is 0 Å². The van der Waals surface area contributed by atoms with Gasteiger partial charge in [-0.1, -0.05) is 31.2 Å². The fraction of sp³-hybridized carbons (Fsp3) is 0.316. The van der Waals surface area contributed by atoms with Crippen molar-refractivity contribution in [3.8, 4) is 5.75 Å². The number of para-hydroxylation sites is 1. The molecule has 2 aromatic rings. The standard InChI is InChI=1S/C19H24N2O2/c1-2-14-23-18-11-6-8-16(15-18)19(22)21-13-7-12-20-17-9-4-3-5-10-17/h3-6,8-11,15,20H,2,7,12-14H2,1H3,(H,21,22). The number of benzene rings is 2. The number of carbonyl (C=O) groups excluding carboxylic acids is 1. The topological polar surface area (TPSA) is 50.4 Å². The van der Waals surface area contributed by atoms with Crippen LogP contribution < -0.4 is 15.4 Å². The van der Waals surface area contributed by atoms with Gasteiger partial charge >= 0.3 is 0 Å². The monoisotopic (exact) mass is 312 g/mol. The highest BCUT2D eigenvalue weighted by molar-refractivity contribution is 5.94. The van der Waals surface area contributed by atoms with E-state index in [1.165, 1.54) is 0 Å². The highest BCUT2D eigenvalue weighted by Crippen LogP contribution is 2.13. The summed E-state index contributed by atoms with van der Waals surface area (Å²) in [4.78, 5) is 12.1. The summed E-state index contributed by atoms with van der Waals surface area (Å²) in [6, 6.07) is 17.3. The number of carbonyl (C=O) groups is 1. The molecule has 23 heavy (non-hydrogen) atoms. The average Bonchev–Trinajstić information content (AvgIpc) is 2.60. The van der Waals surface area contributed by atoms with Crippen molar-refractivity contribution >= 4 is 11.6 Å². The Hall–Kier alpha value is -2.49. The van der Waals surface area contributed by atoms with Crippen LogP contribution in [0.5, 0.6) is 5.75 Å². The molecule has 0 saturated carbocycles. The Morgan fingerprint density at radius 2 is 1.87 bits per heavy atom. The summed E-state index contributed by atoms with van der Waals surface area (Å²) in [7, 11) is 0. The molecule has 1 amide bonds. The minimum absolute atomic E-state index is 0.0633. The second-order valence-electron chi connectivity index (χ2n) is 5.28. The third-order valence-corrected chi connectivity index (χ3v) is 3.31. The quantitative estimate of drug-likeness (QED) is 0.694. The van der Waals surface area contributed by atoms with Gasteiger partial charge in [-0.3, -0.25) is 4.79 Å². The van der Waals surface area contributed by atoms with Gasteiger partial charge in [0.25, 0.3) is 5.91 Å². The lowest BCUT2D eigenvalue weighted by Gasteiger charge is -2.09. The van der Waals surface area contributed by atoms with Gasteiger partial charge in [-0.15, -0.1) is 0 Å². The molecule has 0 aliphatic carbocycles. The number of rotatable bonds is 9. The molecule has 0 saturated heterocycles. The Balaban J connectivity index is 1.70. The number of amides is 1. The zero-order valence-corrected chi connectivity index (χ0v) is 13.5. The number of anilines is 1. The van der Waals surface area contributed by atoms with Crippen LogP contribution in [0.2, 0.25) is 0 Å². The van der Waals surface area contributed by atoms with Crippen LogP contribution in [0.1, 0.15) is 30.1 Å². The molecule has 0 heterocycles. The van der Waals surface area contributed by atoms with Gasteiger partial charge in [0, 0.05) is 24.3 Å². The van der Waals surface area contributed by atoms with E-state index in [1.54, 1.807) is 12.1 Å². The summed E-state index contributed by atoms with van der Waals surface area (Å²) in [6.07, 6.45) is 1.82. The van der Waals surface area contributed by atoms with Crippen LogP contribution in [-0.2, 0) is 0 Å². The SMILES string of the molecule is CCCOc1cccc(C(=O)NCCCNc2ccccc2)c1. The summed E-state index contributed by atoms with van der Waals surface area (Å²) >= 11 is 0. The van der Waals surface area contributed by atoms with Crippen molar-refractivity contribution in [2.45, 2.75) is 19.8 Å². The summed E-state index contributed by atoms with van der Waals surface area (Å²) < 4.78 is 5.55. The fourth-order valence-corrected chi connectivity index (χ4v) is 2.13. The largest absolute Gasteiger partial charge is 0.494 e. The van der Waals surface area contributed by atoms with Crippen LogP contribution in [0.4, 0.5) is 5.69 Å². The Morgan fingerprint density at radius 3 is 2.65 bits per heavy atom. The van der Waals surface area contributed by atoms with E-state index in [0.29, 0.717) is 18.7 Å². The summed E-state index contributed by atoms with van der Waals surface area (Å²) in [5.41, 5.74) is 1.73. The highest BCUT2D eigenvalue weighted by Gasteiger charge is 2.05. The normalized spacial score (nSPS) is 10.1. The maximum absolute atomic E-state index is 12.1. The van der Waals surface area contributed by atoms with Crippen molar-refractivity contribution in [3.05, 3.63) is 60.2 Å². The molecule has 122 valence electrons. The molecular formula is C19H24N2O2. The number of hydrogen-bond donors (Lipinski definition) is 2. The average molecular weight is 312 g/mol. The minimum Gasteiger partial charge on any atom is -0.494 e. The van der Waals surface area contributed by atoms with Crippen molar-refractivity contribution in [1.82, 2.24) is 5.32 Å². The first-order chi connectivity index (χ1) is 11.3.